The van der Waals surface area contributed by atoms with Crippen molar-refractivity contribution < 1.29 is 9.53 Å². The van der Waals surface area contributed by atoms with Crippen LogP contribution in [0.5, 0.6) is 0 Å². The third-order valence-electron chi connectivity index (χ3n) is 2.21. The molecule has 0 saturated carbocycles. The van der Waals surface area contributed by atoms with Crippen LogP contribution in [0.4, 0.5) is 5.69 Å². The Labute approximate surface area is 101 Å². The molecular formula is C13H16N2O2. The minimum absolute atomic E-state index is 0.0564. The van der Waals surface area contributed by atoms with Crippen LogP contribution in [0.1, 0.15) is 13.8 Å². The van der Waals surface area contributed by atoms with Gasteiger partial charge in [0.05, 0.1) is 18.8 Å². The van der Waals surface area contributed by atoms with Gasteiger partial charge >= 0.3 is 5.97 Å². The molecular weight excluding hydrogens is 216 g/mol. The van der Waals surface area contributed by atoms with Crippen molar-refractivity contribution in [1.29, 1.82) is 0 Å². The van der Waals surface area contributed by atoms with E-state index in [1.54, 1.807) is 0 Å². The summed E-state index contributed by atoms with van der Waals surface area (Å²) in [7, 11) is 1.35. The first kappa shape index (κ1) is 13.1. The number of carbonyl (C=O) groups is 1. The summed E-state index contributed by atoms with van der Waals surface area (Å²) in [5.74, 6) is -0.309. The van der Waals surface area contributed by atoms with Crippen molar-refractivity contribution in [2.45, 2.75) is 19.9 Å². The molecule has 0 N–H and O–H groups in total. The molecule has 0 bridgehead atoms. The zero-order valence-electron chi connectivity index (χ0n) is 10.3. The molecule has 0 aliphatic carbocycles. The topological polar surface area (TPSA) is 51.0 Å². The molecule has 90 valence electrons. The summed E-state index contributed by atoms with van der Waals surface area (Å²) in [6.45, 7) is 3.80. The molecule has 4 nitrogen and oxygen atoms in total. The van der Waals surface area contributed by atoms with Gasteiger partial charge < -0.3 is 4.74 Å². The Bertz CT molecular complexity index is 420. The first-order valence-corrected chi connectivity index (χ1v) is 5.43. The quantitative estimate of drug-likeness (QED) is 0.592. The lowest BCUT2D eigenvalue weighted by Gasteiger charge is -2.11. The summed E-state index contributed by atoms with van der Waals surface area (Å²) in [5.41, 5.74) is 0.753. The van der Waals surface area contributed by atoms with E-state index in [1.165, 1.54) is 7.11 Å². The van der Waals surface area contributed by atoms with E-state index in [0.717, 1.165) is 5.69 Å². The number of nitrogens with zero attached hydrogens (tertiary/aromatic N) is 2. The number of esters is 1. The van der Waals surface area contributed by atoms with Crippen LogP contribution >= 0.6 is 0 Å². The maximum Gasteiger partial charge on any atom is 0.331 e. The van der Waals surface area contributed by atoms with Crippen LogP contribution in [0.15, 0.2) is 40.3 Å². The van der Waals surface area contributed by atoms with Gasteiger partial charge in [-0.3, -0.25) is 0 Å². The van der Waals surface area contributed by atoms with Gasteiger partial charge in [-0.05, 0) is 18.1 Å². The number of aliphatic imine (C=N–C) groups is 2. The number of para-hydroxylation sites is 1. The van der Waals surface area contributed by atoms with Gasteiger partial charge in [-0.25, -0.2) is 9.79 Å². The number of hydrogen-bond donors (Lipinski definition) is 0. The normalized spacial score (nSPS) is 11.5. The Morgan fingerprint density at radius 2 is 1.94 bits per heavy atom. The fraction of sp³-hybridized carbons (Fsp3) is 0.385. The number of benzene rings is 1. The predicted molar refractivity (Wildman–Crippen MR) is 66.6 cm³/mol. The van der Waals surface area contributed by atoms with Crippen LogP contribution in [-0.4, -0.2) is 25.1 Å². The molecule has 0 aliphatic heterocycles. The molecule has 0 spiro atoms. The van der Waals surface area contributed by atoms with Crippen molar-refractivity contribution in [3.8, 4) is 0 Å². The van der Waals surface area contributed by atoms with Gasteiger partial charge in [0, 0.05) is 0 Å². The molecule has 1 aromatic carbocycles. The molecule has 0 radical (unpaired) electrons. The molecule has 0 heterocycles. The smallest absolute Gasteiger partial charge is 0.331 e. The standard InChI is InChI=1S/C13H16N2O2/c1-10(2)12(13(16)17-3)15-9-14-11-7-5-4-6-8-11/h4-8,10,12H,1-3H3. The molecule has 4 heteroatoms. The summed E-state index contributed by atoms with van der Waals surface area (Å²) in [4.78, 5) is 19.4. The third-order valence-corrected chi connectivity index (χ3v) is 2.21. The van der Waals surface area contributed by atoms with E-state index in [1.807, 2.05) is 44.2 Å². The first-order chi connectivity index (χ1) is 8.15. The Hall–Kier alpha value is -1.93. The molecule has 0 fully saturated rings. The van der Waals surface area contributed by atoms with Gasteiger partial charge in [0.2, 0.25) is 0 Å². The second-order valence-corrected chi connectivity index (χ2v) is 3.89. The fourth-order valence-corrected chi connectivity index (χ4v) is 1.25. The van der Waals surface area contributed by atoms with Crippen LogP contribution in [0, 0.1) is 5.92 Å². The lowest BCUT2D eigenvalue weighted by molar-refractivity contribution is -0.143. The fourth-order valence-electron chi connectivity index (χ4n) is 1.25. The second-order valence-electron chi connectivity index (χ2n) is 3.89. The van der Waals surface area contributed by atoms with E-state index in [9.17, 15) is 4.79 Å². The molecule has 1 rings (SSSR count). The molecule has 17 heavy (non-hydrogen) atoms. The van der Waals surface area contributed by atoms with Crippen LogP contribution < -0.4 is 0 Å². The maximum atomic E-state index is 11.4. The highest BCUT2D eigenvalue weighted by Crippen LogP contribution is 2.10. The van der Waals surface area contributed by atoms with Crippen molar-refractivity contribution in [3.05, 3.63) is 30.3 Å². The van der Waals surface area contributed by atoms with E-state index in [-0.39, 0.29) is 11.9 Å². The van der Waals surface area contributed by atoms with E-state index in [0.29, 0.717) is 0 Å². The zero-order chi connectivity index (χ0) is 12.7. The monoisotopic (exact) mass is 232 g/mol. The second kappa shape index (κ2) is 6.61. The number of ether oxygens (including phenoxy) is 1. The molecule has 0 aliphatic rings. The summed E-state index contributed by atoms with van der Waals surface area (Å²) in [6, 6.07) is 11.3. The average Bonchev–Trinajstić information content (AvgIpc) is 2.34. The number of carbonyl (C=O) groups excluding carboxylic acids is 1. The maximum absolute atomic E-state index is 11.4. The zero-order valence-corrected chi connectivity index (χ0v) is 10.3. The summed E-state index contributed by atoms with van der Waals surface area (Å²) < 4.78 is 4.66. The number of rotatable bonds is 4. The Balaban J connectivity index is 2.80. The Morgan fingerprint density at radius 3 is 2.47 bits per heavy atom. The molecule has 0 amide bonds. The highest BCUT2D eigenvalue weighted by atomic mass is 16.5. The van der Waals surface area contributed by atoms with Crippen molar-refractivity contribution >= 4 is 17.7 Å². The van der Waals surface area contributed by atoms with Gasteiger partial charge in [0.15, 0.2) is 6.04 Å². The lowest BCUT2D eigenvalue weighted by atomic mass is 10.1. The van der Waals surface area contributed by atoms with Crippen LogP contribution in [0.2, 0.25) is 0 Å². The predicted octanol–water partition coefficient (Wildman–Crippen LogP) is 2.69. The minimum Gasteiger partial charge on any atom is -0.467 e. The van der Waals surface area contributed by atoms with Crippen molar-refractivity contribution in [2.75, 3.05) is 7.11 Å². The van der Waals surface area contributed by atoms with Crippen LogP contribution in [0.25, 0.3) is 0 Å². The lowest BCUT2D eigenvalue weighted by Crippen LogP contribution is -2.25. The summed E-state index contributed by atoms with van der Waals surface area (Å²) >= 11 is 0. The van der Waals surface area contributed by atoms with Crippen molar-refractivity contribution in [1.82, 2.24) is 0 Å². The van der Waals surface area contributed by atoms with Gasteiger partial charge in [0.1, 0.15) is 0 Å². The van der Waals surface area contributed by atoms with Gasteiger partial charge in [0.25, 0.3) is 0 Å². The van der Waals surface area contributed by atoms with E-state index < -0.39 is 6.04 Å². The Morgan fingerprint density at radius 1 is 1.29 bits per heavy atom. The van der Waals surface area contributed by atoms with Crippen molar-refractivity contribution in [2.24, 2.45) is 15.9 Å². The molecule has 0 saturated heterocycles. The van der Waals surface area contributed by atoms with Gasteiger partial charge in [-0.2, -0.15) is 4.99 Å². The van der Waals surface area contributed by atoms with Gasteiger partial charge in [-0.15, -0.1) is 0 Å². The summed E-state index contributed by atoms with van der Waals surface area (Å²) in [6.07, 6.45) is 0. The Kier molecular flexibility index (Phi) is 5.11. The average molecular weight is 232 g/mol. The van der Waals surface area contributed by atoms with E-state index in [2.05, 4.69) is 20.7 Å². The largest absolute Gasteiger partial charge is 0.467 e. The van der Waals surface area contributed by atoms with E-state index in [4.69, 9.17) is 0 Å². The number of methoxy groups -OCH3 is 1. The molecule has 0 aromatic heterocycles. The van der Waals surface area contributed by atoms with Crippen molar-refractivity contribution in [3.63, 3.8) is 0 Å². The molecule has 1 aromatic rings. The number of hydrogen-bond acceptors (Lipinski definition) is 4. The molecule has 1 atom stereocenters. The summed E-state index contributed by atoms with van der Waals surface area (Å²) in [5, 5.41) is 0. The van der Waals surface area contributed by atoms with Crippen LogP contribution in [-0.2, 0) is 9.53 Å². The SMILES string of the molecule is COC(=O)C(N=C=Nc1ccccc1)C(C)C. The third kappa shape index (κ3) is 4.21. The first-order valence-electron chi connectivity index (χ1n) is 5.43. The highest BCUT2D eigenvalue weighted by Gasteiger charge is 2.21. The minimum atomic E-state index is -0.549. The molecule has 1 unspecified atom stereocenters. The van der Waals surface area contributed by atoms with Gasteiger partial charge in [-0.1, -0.05) is 32.0 Å². The van der Waals surface area contributed by atoms with Crippen LogP contribution in [0.3, 0.4) is 0 Å². The van der Waals surface area contributed by atoms with E-state index >= 15 is 0 Å². The highest BCUT2D eigenvalue weighted by molar-refractivity contribution is 5.77.